The molecule has 0 radical (unpaired) electrons. The van der Waals surface area contributed by atoms with Crippen LogP contribution in [0.5, 0.6) is 0 Å². The number of hydrogen-bond donors (Lipinski definition) is 2. The van der Waals surface area contributed by atoms with E-state index in [9.17, 15) is 9.18 Å². The average molecular weight is 280 g/mol. The third kappa shape index (κ3) is 3.03. The first-order valence-electron chi connectivity index (χ1n) is 6.87. The van der Waals surface area contributed by atoms with Crippen LogP contribution < -0.4 is 10.6 Å². The molecule has 3 N–H and O–H groups in total. The monoisotopic (exact) mass is 280 g/mol. The Kier molecular flexibility index (Phi) is 3.88. The molecule has 1 aliphatic heterocycles. The highest BCUT2D eigenvalue weighted by molar-refractivity contribution is 5.91. The summed E-state index contributed by atoms with van der Waals surface area (Å²) in [5.41, 5.74) is 6.74. The molecule has 0 bridgehead atoms. The molecule has 1 aliphatic rings. The maximum Gasteiger partial charge on any atom is 0.338 e. The number of benzene rings is 1. The Balaban J connectivity index is 2.29. The van der Waals surface area contributed by atoms with Gasteiger partial charge in [0.1, 0.15) is 5.82 Å². The third-order valence-electron chi connectivity index (χ3n) is 4.03. The molecule has 1 saturated heterocycles. The van der Waals surface area contributed by atoms with E-state index in [4.69, 9.17) is 10.8 Å². The van der Waals surface area contributed by atoms with E-state index in [2.05, 4.69) is 18.7 Å². The van der Waals surface area contributed by atoms with Crippen molar-refractivity contribution >= 4 is 17.3 Å². The fourth-order valence-electron chi connectivity index (χ4n) is 2.68. The summed E-state index contributed by atoms with van der Waals surface area (Å²) in [7, 11) is 0. The lowest BCUT2D eigenvalue weighted by atomic mass is 9.85. The topological polar surface area (TPSA) is 66.6 Å². The Morgan fingerprint density at radius 2 is 2.05 bits per heavy atom. The molecule has 0 saturated carbocycles. The number of carbonyl (C=O) groups is 1. The molecule has 1 aromatic carbocycles. The fourth-order valence-corrected chi connectivity index (χ4v) is 2.68. The summed E-state index contributed by atoms with van der Waals surface area (Å²) in [5.74, 6) is -2.03. The lowest BCUT2D eigenvalue weighted by Gasteiger charge is -2.26. The van der Waals surface area contributed by atoms with Crippen molar-refractivity contribution in [2.45, 2.75) is 33.1 Å². The number of anilines is 2. The average Bonchev–Trinajstić information content (AvgIpc) is 2.52. The van der Waals surface area contributed by atoms with E-state index in [0.717, 1.165) is 32.4 Å². The molecule has 0 atom stereocenters. The van der Waals surface area contributed by atoms with Crippen molar-refractivity contribution < 1.29 is 14.3 Å². The van der Waals surface area contributed by atoms with Crippen LogP contribution in [0.2, 0.25) is 0 Å². The standard InChI is InChI=1S/C15H21FN2O2/c1-15(2)4-3-6-18(7-5-15)13-9-11(16)10(14(19)20)8-12(13)17/h8-9H,3-7,17H2,1-2H3,(H,19,20). The summed E-state index contributed by atoms with van der Waals surface area (Å²) < 4.78 is 13.8. The second-order valence-corrected chi connectivity index (χ2v) is 6.20. The summed E-state index contributed by atoms with van der Waals surface area (Å²) in [6, 6.07) is 2.46. The number of rotatable bonds is 2. The van der Waals surface area contributed by atoms with Gasteiger partial charge in [-0.05, 0) is 30.7 Å². The zero-order valence-corrected chi connectivity index (χ0v) is 11.9. The van der Waals surface area contributed by atoms with Gasteiger partial charge >= 0.3 is 5.97 Å². The summed E-state index contributed by atoms with van der Waals surface area (Å²) in [5, 5.41) is 8.90. The first-order valence-corrected chi connectivity index (χ1v) is 6.87. The van der Waals surface area contributed by atoms with Crippen LogP contribution in [0.3, 0.4) is 0 Å². The van der Waals surface area contributed by atoms with Gasteiger partial charge in [-0.15, -0.1) is 0 Å². The molecule has 0 aromatic heterocycles. The Labute approximate surface area is 118 Å². The molecule has 20 heavy (non-hydrogen) atoms. The third-order valence-corrected chi connectivity index (χ3v) is 4.03. The van der Waals surface area contributed by atoms with E-state index in [1.165, 1.54) is 12.1 Å². The van der Waals surface area contributed by atoms with Crippen LogP contribution in [0.1, 0.15) is 43.5 Å². The van der Waals surface area contributed by atoms with Gasteiger partial charge in [-0.2, -0.15) is 0 Å². The van der Waals surface area contributed by atoms with E-state index < -0.39 is 11.8 Å². The van der Waals surface area contributed by atoms with Gasteiger partial charge in [0.15, 0.2) is 0 Å². The lowest BCUT2D eigenvalue weighted by Crippen LogP contribution is -2.26. The van der Waals surface area contributed by atoms with Gasteiger partial charge in [-0.25, -0.2) is 9.18 Å². The molecule has 2 rings (SSSR count). The number of carboxylic acids is 1. The second-order valence-electron chi connectivity index (χ2n) is 6.20. The number of nitrogen functional groups attached to an aromatic ring is 1. The molecule has 4 nitrogen and oxygen atoms in total. The molecular formula is C15H21FN2O2. The van der Waals surface area contributed by atoms with E-state index in [-0.39, 0.29) is 11.0 Å². The molecule has 1 heterocycles. The van der Waals surface area contributed by atoms with Crippen molar-refractivity contribution in [3.63, 3.8) is 0 Å². The van der Waals surface area contributed by atoms with E-state index in [0.29, 0.717) is 11.4 Å². The van der Waals surface area contributed by atoms with Crippen molar-refractivity contribution in [1.29, 1.82) is 0 Å². The zero-order valence-electron chi connectivity index (χ0n) is 11.9. The lowest BCUT2D eigenvalue weighted by molar-refractivity contribution is 0.0692. The van der Waals surface area contributed by atoms with Gasteiger partial charge in [0.25, 0.3) is 0 Å². The Morgan fingerprint density at radius 1 is 1.35 bits per heavy atom. The smallest absolute Gasteiger partial charge is 0.338 e. The van der Waals surface area contributed by atoms with Gasteiger partial charge in [-0.1, -0.05) is 13.8 Å². The first kappa shape index (κ1) is 14.6. The van der Waals surface area contributed by atoms with Gasteiger partial charge in [0.05, 0.1) is 16.9 Å². The highest BCUT2D eigenvalue weighted by Crippen LogP contribution is 2.34. The quantitative estimate of drug-likeness (QED) is 0.817. The Bertz CT molecular complexity index is 529. The molecule has 0 spiro atoms. The molecule has 0 unspecified atom stereocenters. The van der Waals surface area contributed by atoms with Gasteiger partial charge in [0.2, 0.25) is 0 Å². The van der Waals surface area contributed by atoms with E-state index in [1.807, 2.05) is 0 Å². The first-order chi connectivity index (χ1) is 9.30. The molecule has 5 heteroatoms. The maximum absolute atomic E-state index is 13.8. The number of aromatic carboxylic acids is 1. The van der Waals surface area contributed by atoms with Crippen LogP contribution in [-0.2, 0) is 0 Å². The van der Waals surface area contributed by atoms with Crippen LogP contribution in [0.25, 0.3) is 0 Å². The van der Waals surface area contributed by atoms with Crippen molar-refractivity contribution in [2.24, 2.45) is 5.41 Å². The second kappa shape index (κ2) is 5.31. The van der Waals surface area contributed by atoms with Crippen LogP contribution in [0.15, 0.2) is 12.1 Å². The molecule has 1 fully saturated rings. The van der Waals surface area contributed by atoms with Gasteiger partial charge < -0.3 is 15.7 Å². The minimum atomic E-state index is -1.29. The normalized spacial score (nSPS) is 18.6. The number of nitrogens with two attached hydrogens (primary N) is 1. The Hall–Kier alpha value is -1.78. The predicted molar refractivity (Wildman–Crippen MR) is 77.6 cm³/mol. The van der Waals surface area contributed by atoms with Crippen LogP contribution in [0, 0.1) is 11.2 Å². The highest BCUT2D eigenvalue weighted by Gasteiger charge is 2.25. The van der Waals surface area contributed by atoms with Crippen LogP contribution >= 0.6 is 0 Å². The number of hydrogen-bond acceptors (Lipinski definition) is 3. The van der Waals surface area contributed by atoms with Crippen LogP contribution in [-0.4, -0.2) is 24.2 Å². The number of halogens is 1. The number of carboxylic acid groups (broad SMARTS) is 1. The predicted octanol–water partition coefficient (Wildman–Crippen LogP) is 3.12. The summed E-state index contributed by atoms with van der Waals surface area (Å²) >= 11 is 0. The zero-order chi connectivity index (χ0) is 14.9. The minimum Gasteiger partial charge on any atom is -0.478 e. The number of nitrogens with zero attached hydrogens (tertiary/aromatic N) is 1. The van der Waals surface area contributed by atoms with Gasteiger partial charge in [-0.3, -0.25) is 0 Å². The van der Waals surface area contributed by atoms with E-state index >= 15 is 0 Å². The van der Waals surface area contributed by atoms with Gasteiger partial charge in [0, 0.05) is 19.2 Å². The van der Waals surface area contributed by atoms with Crippen molar-refractivity contribution in [2.75, 3.05) is 23.7 Å². The molecule has 1 aromatic rings. The van der Waals surface area contributed by atoms with E-state index in [1.54, 1.807) is 0 Å². The fraction of sp³-hybridized carbons (Fsp3) is 0.533. The summed E-state index contributed by atoms with van der Waals surface area (Å²) in [6.45, 7) is 6.09. The molecule has 0 aliphatic carbocycles. The molecular weight excluding hydrogens is 259 g/mol. The minimum absolute atomic E-state index is 0.281. The maximum atomic E-state index is 13.8. The molecule has 110 valence electrons. The highest BCUT2D eigenvalue weighted by atomic mass is 19.1. The van der Waals surface area contributed by atoms with Crippen molar-refractivity contribution in [3.05, 3.63) is 23.5 Å². The molecule has 0 amide bonds. The SMILES string of the molecule is CC1(C)CCCN(c2cc(F)c(C(=O)O)cc2N)CC1. The Morgan fingerprint density at radius 3 is 2.70 bits per heavy atom. The van der Waals surface area contributed by atoms with Crippen molar-refractivity contribution in [1.82, 2.24) is 0 Å². The summed E-state index contributed by atoms with van der Waals surface area (Å²) in [4.78, 5) is 12.9. The largest absolute Gasteiger partial charge is 0.478 e. The summed E-state index contributed by atoms with van der Waals surface area (Å²) in [6.07, 6.45) is 3.16. The van der Waals surface area contributed by atoms with Crippen LogP contribution in [0.4, 0.5) is 15.8 Å². The van der Waals surface area contributed by atoms with Crippen molar-refractivity contribution in [3.8, 4) is 0 Å².